The van der Waals surface area contributed by atoms with Crippen LogP contribution in [-0.4, -0.2) is 14.9 Å². The minimum atomic E-state index is 0.822. The van der Waals surface area contributed by atoms with E-state index in [9.17, 15) is 0 Å². The average Bonchev–Trinajstić information content (AvgIpc) is 3.19. The molecule has 112 valence electrons. The molecular formula is C19H15N3O. The standard InChI is InChI=1S/C19H15N3O/c1-2-6-13(7-3-1)12-22-17-9-5-4-8-14(17)15-10-11-16-18(19(15)22)21-23-20-16/h1-9H,10-12H2. The Hall–Kier alpha value is -2.88. The molecular weight excluding hydrogens is 286 g/mol. The van der Waals surface area contributed by atoms with Gasteiger partial charge in [0, 0.05) is 17.4 Å². The maximum atomic E-state index is 5.01. The van der Waals surface area contributed by atoms with Gasteiger partial charge in [-0.05, 0) is 35.2 Å². The smallest absolute Gasteiger partial charge is 0.154 e. The van der Waals surface area contributed by atoms with Crippen LogP contribution in [0.3, 0.4) is 0 Å². The van der Waals surface area contributed by atoms with E-state index in [1.165, 1.54) is 22.0 Å². The molecule has 2 aromatic heterocycles. The number of aromatic nitrogens is 3. The first kappa shape index (κ1) is 12.6. The van der Waals surface area contributed by atoms with Crippen molar-refractivity contribution in [1.29, 1.82) is 0 Å². The second kappa shape index (κ2) is 4.81. The Morgan fingerprint density at radius 2 is 1.74 bits per heavy atom. The maximum Gasteiger partial charge on any atom is 0.154 e. The summed E-state index contributed by atoms with van der Waals surface area (Å²) in [6.45, 7) is 0.822. The number of nitrogens with zero attached hydrogens (tertiary/aromatic N) is 3. The predicted octanol–water partition coefficient (Wildman–Crippen LogP) is 3.84. The van der Waals surface area contributed by atoms with Crippen LogP contribution in [0.2, 0.25) is 0 Å². The highest BCUT2D eigenvalue weighted by Crippen LogP contribution is 2.38. The maximum absolute atomic E-state index is 5.01. The second-order valence-electron chi connectivity index (χ2n) is 5.98. The summed E-state index contributed by atoms with van der Waals surface area (Å²) < 4.78 is 7.36. The van der Waals surface area contributed by atoms with Gasteiger partial charge in [-0.25, -0.2) is 4.63 Å². The molecule has 23 heavy (non-hydrogen) atoms. The Bertz CT molecular complexity index is 998. The van der Waals surface area contributed by atoms with Gasteiger partial charge >= 0.3 is 0 Å². The van der Waals surface area contributed by atoms with Crippen molar-refractivity contribution >= 4 is 10.9 Å². The molecule has 0 N–H and O–H groups in total. The third kappa shape index (κ3) is 1.84. The second-order valence-corrected chi connectivity index (χ2v) is 5.98. The molecule has 1 aliphatic rings. The molecule has 0 bridgehead atoms. The Kier molecular flexibility index (Phi) is 2.65. The molecule has 0 saturated carbocycles. The number of hydrogen-bond donors (Lipinski definition) is 0. The molecule has 0 saturated heterocycles. The van der Waals surface area contributed by atoms with Gasteiger partial charge < -0.3 is 4.57 Å². The zero-order valence-corrected chi connectivity index (χ0v) is 12.6. The molecule has 0 atom stereocenters. The van der Waals surface area contributed by atoms with Gasteiger partial charge in [-0.1, -0.05) is 53.7 Å². The number of benzene rings is 2. The molecule has 0 aliphatic heterocycles. The highest BCUT2D eigenvalue weighted by atomic mass is 16.6. The summed E-state index contributed by atoms with van der Waals surface area (Å²) in [6.07, 6.45) is 1.88. The van der Waals surface area contributed by atoms with Gasteiger partial charge in [-0.2, -0.15) is 0 Å². The van der Waals surface area contributed by atoms with Crippen LogP contribution in [-0.2, 0) is 19.4 Å². The minimum absolute atomic E-state index is 0.822. The molecule has 2 heterocycles. The Morgan fingerprint density at radius 3 is 2.65 bits per heavy atom. The topological polar surface area (TPSA) is 43.9 Å². The monoisotopic (exact) mass is 301 g/mol. The van der Waals surface area contributed by atoms with E-state index in [1.54, 1.807) is 0 Å². The van der Waals surface area contributed by atoms with Gasteiger partial charge in [0.15, 0.2) is 5.69 Å². The molecule has 0 unspecified atom stereocenters. The van der Waals surface area contributed by atoms with Crippen molar-refractivity contribution in [3.63, 3.8) is 0 Å². The Morgan fingerprint density at radius 1 is 0.913 bits per heavy atom. The number of aryl methyl sites for hydroxylation is 2. The lowest BCUT2D eigenvalue weighted by atomic mass is 9.96. The van der Waals surface area contributed by atoms with Crippen LogP contribution < -0.4 is 0 Å². The lowest BCUT2D eigenvalue weighted by Gasteiger charge is -2.14. The summed E-state index contributed by atoms with van der Waals surface area (Å²) in [4.78, 5) is 0. The minimum Gasteiger partial charge on any atom is -0.334 e. The summed E-state index contributed by atoms with van der Waals surface area (Å²) in [5, 5.41) is 9.58. The van der Waals surface area contributed by atoms with Crippen molar-refractivity contribution in [3.05, 3.63) is 71.4 Å². The van der Waals surface area contributed by atoms with E-state index >= 15 is 0 Å². The summed E-state index contributed by atoms with van der Waals surface area (Å²) >= 11 is 0. The summed E-state index contributed by atoms with van der Waals surface area (Å²) in [7, 11) is 0. The fraction of sp³-hybridized carbons (Fsp3) is 0.158. The molecule has 4 aromatic rings. The van der Waals surface area contributed by atoms with E-state index in [0.717, 1.165) is 36.5 Å². The van der Waals surface area contributed by atoms with Crippen molar-refractivity contribution in [1.82, 2.24) is 14.9 Å². The molecule has 2 aromatic carbocycles. The van der Waals surface area contributed by atoms with Crippen LogP contribution in [0.5, 0.6) is 0 Å². The van der Waals surface area contributed by atoms with Crippen LogP contribution >= 0.6 is 0 Å². The zero-order chi connectivity index (χ0) is 15.2. The van der Waals surface area contributed by atoms with Crippen LogP contribution in [0.4, 0.5) is 0 Å². The first-order chi connectivity index (χ1) is 11.4. The van der Waals surface area contributed by atoms with Crippen molar-refractivity contribution < 1.29 is 4.63 Å². The summed E-state index contributed by atoms with van der Waals surface area (Å²) in [5.41, 5.74) is 6.92. The van der Waals surface area contributed by atoms with Crippen molar-refractivity contribution in [2.24, 2.45) is 0 Å². The van der Waals surface area contributed by atoms with Gasteiger partial charge in [0.05, 0.1) is 5.69 Å². The quantitative estimate of drug-likeness (QED) is 0.565. The van der Waals surface area contributed by atoms with Gasteiger partial charge in [0.2, 0.25) is 0 Å². The van der Waals surface area contributed by atoms with E-state index in [2.05, 4.69) is 63.4 Å². The van der Waals surface area contributed by atoms with E-state index in [1.807, 2.05) is 6.07 Å². The molecule has 5 rings (SSSR count). The van der Waals surface area contributed by atoms with E-state index < -0.39 is 0 Å². The molecule has 0 fully saturated rings. The number of para-hydroxylation sites is 1. The molecule has 4 nitrogen and oxygen atoms in total. The number of fused-ring (bicyclic) bond motifs is 5. The lowest BCUT2D eigenvalue weighted by Crippen LogP contribution is -2.08. The van der Waals surface area contributed by atoms with Crippen LogP contribution in [0.1, 0.15) is 16.8 Å². The Balaban J connectivity index is 1.80. The van der Waals surface area contributed by atoms with E-state index in [4.69, 9.17) is 4.63 Å². The van der Waals surface area contributed by atoms with Gasteiger partial charge in [0.1, 0.15) is 5.69 Å². The van der Waals surface area contributed by atoms with Crippen LogP contribution in [0.25, 0.3) is 22.3 Å². The number of rotatable bonds is 2. The largest absolute Gasteiger partial charge is 0.334 e. The summed E-state index contributed by atoms with van der Waals surface area (Å²) in [5.74, 6) is 0. The normalized spacial score (nSPS) is 13.0. The SMILES string of the molecule is c1ccc(Cn2c3c(c4ccccc42)CCc2nonc2-3)cc1. The average molecular weight is 301 g/mol. The first-order valence-corrected chi connectivity index (χ1v) is 7.87. The molecule has 1 aliphatic carbocycles. The molecule has 0 spiro atoms. The third-order valence-corrected chi connectivity index (χ3v) is 4.65. The highest BCUT2D eigenvalue weighted by Gasteiger charge is 2.28. The highest BCUT2D eigenvalue weighted by molar-refractivity contribution is 5.92. The molecule has 0 radical (unpaired) electrons. The van der Waals surface area contributed by atoms with Gasteiger partial charge in [-0.3, -0.25) is 0 Å². The van der Waals surface area contributed by atoms with Crippen molar-refractivity contribution in [2.45, 2.75) is 19.4 Å². The van der Waals surface area contributed by atoms with Gasteiger partial charge in [-0.15, -0.1) is 0 Å². The van der Waals surface area contributed by atoms with E-state index in [0.29, 0.717) is 0 Å². The van der Waals surface area contributed by atoms with Crippen LogP contribution in [0, 0.1) is 0 Å². The zero-order valence-electron chi connectivity index (χ0n) is 12.6. The first-order valence-electron chi connectivity index (χ1n) is 7.87. The molecule has 4 heteroatoms. The predicted molar refractivity (Wildman–Crippen MR) is 88.2 cm³/mol. The van der Waals surface area contributed by atoms with Gasteiger partial charge in [0.25, 0.3) is 0 Å². The lowest BCUT2D eigenvalue weighted by molar-refractivity contribution is 0.304. The summed E-state index contributed by atoms with van der Waals surface area (Å²) in [6, 6.07) is 19.1. The fourth-order valence-electron chi connectivity index (χ4n) is 3.62. The van der Waals surface area contributed by atoms with Crippen molar-refractivity contribution in [3.8, 4) is 11.4 Å². The van der Waals surface area contributed by atoms with Crippen molar-refractivity contribution in [2.75, 3.05) is 0 Å². The van der Waals surface area contributed by atoms with Crippen LogP contribution in [0.15, 0.2) is 59.2 Å². The fourth-order valence-corrected chi connectivity index (χ4v) is 3.62. The number of hydrogen-bond acceptors (Lipinski definition) is 3. The third-order valence-electron chi connectivity index (χ3n) is 4.65. The Labute approximate surface area is 133 Å². The molecule has 0 amide bonds. The van der Waals surface area contributed by atoms with E-state index in [-0.39, 0.29) is 0 Å².